The van der Waals surface area contributed by atoms with Crippen molar-refractivity contribution >= 4 is 12.0 Å². The number of carbonyl (C=O) groups is 1. The molecule has 17 heavy (non-hydrogen) atoms. The fraction of sp³-hybridized carbons (Fsp3) is 0.357. The highest BCUT2D eigenvalue weighted by Gasteiger charge is 2.25. The summed E-state index contributed by atoms with van der Waals surface area (Å²) in [5.74, 6) is 0. The van der Waals surface area contributed by atoms with E-state index in [1.54, 1.807) is 0 Å². The predicted molar refractivity (Wildman–Crippen MR) is 67.3 cm³/mol. The lowest BCUT2D eigenvalue weighted by atomic mass is 9.94. The standard InChI is InChI=1S/C14H17NO2/c1-8-5-9(2)13(10(3)6-8)14-12(7-16)11(4)17-15-14/h5-7,11,15H,1-4H3/t11-/m0/s1. The summed E-state index contributed by atoms with van der Waals surface area (Å²) in [5.41, 5.74) is 8.97. The van der Waals surface area contributed by atoms with Gasteiger partial charge in [0, 0.05) is 11.1 Å². The van der Waals surface area contributed by atoms with Gasteiger partial charge in [0.25, 0.3) is 0 Å². The van der Waals surface area contributed by atoms with Crippen molar-refractivity contribution in [1.29, 1.82) is 0 Å². The Morgan fingerprint density at radius 3 is 2.35 bits per heavy atom. The third kappa shape index (κ3) is 1.98. The van der Waals surface area contributed by atoms with E-state index in [1.807, 2.05) is 6.92 Å². The Morgan fingerprint density at radius 1 is 1.24 bits per heavy atom. The molecule has 1 N–H and O–H groups in total. The minimum absolute atomic E-state index is 0.192. The van der Waals surface area contributed by atoms with Crippen LogP contribution in [0.15, 0.2) is 17.7 Å². The average Bonchev–Trinajstić information content (AvgIpc) is 2.58. The van der Waals surface area contributed by atoms with E-state index in [0.29, 0.717) is 5.57 Å². The van der Waals surface area contributed by atoms with E-state index in [2.05, 4.69) is 38.4 Å². The molecule has 0 aliphatic carbocycles. The van der Waals surface area contributed by atoms with Gasteiger partial charge in [-0.3, -0.25) is 15.1 Å². The Kier molecular flexibility index (Phi) is 3.03. The highest BCUT2D eigenvalue weighted by atomic mass is 16.7. The van der Waals surface area contributed by atoms with Gasteiger partial charge in [0.15, 0.2) is 6.29 Å². The van der Waals surface area contributed by atoms with Crippen molar-refractivity contribution in [3.05, 3.63) is 40.0 Å². The number of aryl methyl sites for hydroxylation is 3. The number of aldehydes is 1. The lowest BCUT2D eigenvalue weighted by molar-refractivity contribution is -0.105. The van der Waals surface area contributed by atoms with Crippen molar-refractivity contribution in [2.45, 2.75) is 33.8 Å². The van der Waals surface area contributed by atoms with E-state index in [4.69, 9.17) is 4.84 Å². The molecule has 1 aliphatic rings. The van der Waals surface area contributed by atoms with Gasteiger partial charge in [-0.2, -0.15) is 0 Å². The molecule has 3 heteroatoms. The molecule has 1 aromatic rings. The molecule has 1 aromatic carbocycles. The monoisotopic (exact) mass is 231 g/mol. The topological polar surface area (TPSA) is 38.3 Å². The predicted octanol–water partition coefficient (Wildman–Crippen LogP) is 2.45. The molecule has 0 fully saturated rings. The zero-order valence-electron chi connectivity index (χ0n) is 10.6. The molecule has 0 spiro atoms. The molecule has 0 aromatic heterocycles. The number of hydrogen-bond acceptors (Lipinski definition) is 3. The fourth-order valence-corrected chi connectivity index (χ4v) is 2.40. The van der Waals surface area contributed by atoms with Crippen LogP contribution in [0.4, 0.5) is 0 Å². The fourth-order valence-electron chi connectivity index (χ4n) is 2.40. The summed E-state index contributed by atoms with van der Waals surface area (Å²) in [5, 5.41) is 0. The minimum Gasteiger partial charge on any atom is -0.298 e. The Bertz CT molecular complexity index is 480. The molecule has 0 bridgehead atoms. The molecule has 0 saturated carbocycles. The molecule has 0 saturated heterocycles. The van der Waals surface area contributed by atoms with Crippen molar-refractivity contribution in [2.24, 2.45) is 0 Å². The summed E-state index contributed by atoms with van der Waals surface area (Å²) < 4.78 is 0. The second-order valence-corrected chi connectivity index (χ2v) is 4.58. The first-order valence-corrected chi connectivity index (χ1v) is 5.73. The Balaban J connectivity index is 2.62. The molecule has 1 aliphatic heterocycles. The van der Waals surface area contributed by atoms with E-state index < -0.39 is 0 Å². The summed E-state index contributed by atoms with van der Waals surface area (Å²) in [6.45, 7) is 8.04. The van der Waals surface area contributed by atoms with E-state index in [1.165, 1.54) is 5.56 Å². The van der Waals surface area contributed by atoms with Crippen LogP contribution in [-0.2, 0) is 9.63 Å². The SMILES string of the molecule is Cc1cc(C)c(C2=C(C=O)[C@H](C)ON2)c(C)c1. The second kappa shape index (κ2) is 4.34. The van der Waals surface area contributed by atoms with Gasteiger partial charge in [0.05, 0.1) is 5.70 Å². The Hall–Kier alpha value is -1.61. The van der Waals surface area contributed by atoms with Crippen LogP contribution >= 0.6 is 0 Å². The average molecular weight is 231 g/mol. The van der Waals surface area contributed by atoms with E-state index >= 15 is 0 Å². The maximum Gasteiger partial charge on any atom is 0.150 e. The van der Waals surface area contributed by atoms with E-state index in [9.17, 15) is 4.79 Å². The van der Waals surface area contributed by atoms with Crippen molar-refractivity contribution in [3.63, 3.8) is 0 Å². The van der Waals surface area contributed by atoms with Crippen LogP contribution in [0.3, 0.4) is 0 Å². The smallest absolute Gasteiger partial charge is 0.150 e. The number of carbonyl (C=O) groups excluding carboxylic acids is 1. The normalized spacial score (nSPS) is 19.4. The van der Waals surface area contributed by atoms with E-state index in [0.717, 1.165) is 28.7 Å². The van der Waals surface area contributed by atoms with Gasteiger partial charge in [-0.15, -0.1) is 0 Å². The summed E-state index contributed by atoms with van der Waals surface area (Å²) in [6.07, 6.45) is 0.682. The van der Waals surface area contributed by atoms with Crippen molar-refractivity contribution in [2.75, 3.05) is 0 Å². The molecule has 0 radical (unpaired) electrons. The summed E-state index contributed by atoms with van der Waals surface area (Å²) in [7, 11) is 0. The van der Waals surface area contributed by atoms with E-state index in [-0.39, 0.29) is 6.10 Å². The third-order valence-corrected chi connectivity index (χ3v) is 3.12. The number of hydrogen-bond donors (Lipinski definition) is 1. The Morgan fingerprint density at radius 2 is 1.82 bits per heavy atom. The largest absolute Gasteiger partial charge is 0.298 e. The zero-order chi connectivity index (χ0) is 12.6. The summed E-state index contributed by atoms with van der Waals surface area (Å²) >= 11 is 0. The first-order chi connectivity index (χ1) is 8.04. The second-order valence-electron chi connectivity index (χ2n) is 4.58. The van der Waals surface area contributed by atoms with Crippen molar-refractivity contribution in [1.82, 2.24) is 5.48 Å². The van der Waals surface area contributed by atoms with Crippen LogP contribution in [0.2, 0.25) is 0 Å². The Labute approximate surface area is 101 Å². The van der Waals surface area contributed by atoms with Gasteiger partial charge in [-0.1, -0.05) is 17.7 Å². The van der Waals surface area contributed by atoms with Crippen LogP contribution in [0.25, 0.3) is 5.70 Å². The van der Waals surface area contributed by atoms with Gasteiger partial charge in [0.1, 0.15) is 6.10 Å². The van der Waals surface area contributed by atoms with Gasteiger partial charge in [-0.05, 0) is 38.8 Å². The van der Waals surface area contributed by atoms with Gasteiger partial charge < -0.3 is 0 Å². The molecule has 0 unspecified atom stereocenters. The molecule has 1 heterocycles. The third-order valence-electron chi connectivity index (χ3n) is 3.12. The van der Waals surface area contributed by atoms with Gasteiger partial charge in [-0.25, -0.2) is 0 Å². The number of benzene rings is 1. The highest BCUT2D eigenvalue weighted by Crippen LogP contribution is 2.29. The van der Waals surface area contributed by atoms with Crippen LogP contribution < -0.4 is 5.48 Å². The molecule has 1 atom stereocenters. The van der Waals surface area contributed by atoms with Gasteiger partial charge in [0.2, 0.25) is 0 Å². The minimum atomic E-state index is -0.192. The molecular weight excluding hydrogens is 214 g/mol. The lowest BCUT2D eigenvalue weighted by Gasteiger charge is -2.12. The zero-order valence-corrected chi connectivity index (χ0v) is 10.6. The number of rotatable bonds is 2. The molecule has 0 amide bonds. The lowest BCUT2D eigenvalue weighted by Crippen LogP contribution is -2.10. The maximum atomic E-state index is 11.1. The first-order valence-electron chi connectivity index (χ1n) is 5.73. The number of nitrogens with one attached hydrogen (secondary N) is 1. The van der Waals surface area contributed by atoms with Crippen molar-refractivity contribution in [3.8, 4) is 0 Å². The van der Waals surface area contributed by atoms with Crippen molar-refractivity contribution < 1.29 is 9.63 Å². The first kappa shape index (κ1) is 11.9. The van der Waals surface area contributed by atoms with Crippen LogP contribution in [0.1, 0.15) is 29.2 Å². The molecule has 2 rings (SSSR count). The quantitative estimate of drug-likeness (QED) is 0.794. The molecule has 90 valence electrons. The highest BCUT2D eigenvalue weighted by molar-refractivity contribution is 5.90. The molecular formula is C14H17NO2. The van der Waals surface area contributed by atoms with Crippen LogP contribution in [0.5, 0.6) is 0 Å². The van der Waals surface area contributed by atoms with Crippen LogP contribution in [0, 0.1) is 20.8 Å². The maximum absolute atomic E-state index is 11.1. The summed E-state index contributed by atoms with van der Waals surface area (Å²) in [4.78, 5) is 16.4. The van der Waals surface area contributed by atoms with Crippen LogP contribution in [-0.4, -0.2) is 12.4 Å². The van der Waals surface area contributed by atoms with Gasteiger partial charge >= 0.3 is 0 Å². The summed E-state index contributed by atoms with van der Waals surface area (Å²) in [6, 6.07) is 4.23. The molecule has 3 nitrogen and oxygen atoms in total. The number of hydroxylamine groups is 1.